The van der Waals surface area contributed by atoms with Crippen LogP contribution in [0.4, 0.5) is 4.39 Å². The third kappa shape index (κ3) is 2.76. The minimum atomic E-state index is -0.431. The molecule has 0 bridgehead atoms. The third-order valence-electron chi connectivity index (χ3n) is 2.21. The number of halogens is 1. The van der Waals surface area contributed by atoms with Crippen molar-refractivity contribution in [3.8, 4) is 11.6 Å². The van der Waals surface area contributed by atoms with Gasteiger partial charge in [-0.1, -0.05) is 0 Å². The monoisotopic (exact) mass is 233 g/mol. The molecule has 0 unspecified atom stereocenters. The minimum Gasteiger partial charge on any atom is -0.437 e. The predicted molar refractivity (Wildman–Crippen MR) is 61.1 cm³/mol. The van der Waals surface area contributed by atoms with Gasteiger partial charge in [0.2, 0.25) is 5.88 Å². The topological polar surface area (TPSA) is 61.0 Å². The zero-order chi connectivity index (χ0) is 12.3. The first kappa shape index (κ1) is 11.5. The van der Waals surface area contributed by atoms with Crippen molar-refractivity contribution in [1.82, 2.24) is 9.97 Å². The number of pyridine rings is 2. The van der Waals surface area contributed by atoms with E-state index in [2.05, 4.69) is 9.97 Å². The Bertz CT molecular complexity index is 514. The summed E-state index contributed by atoms with van der Waals surface area (Å²) in [5.74, 6) is 0.420. The number of nitrogens with two attached hydrogens (primary N) is 1. The second kappa shape index (κ2) is 4.88. The summed E-state index contributed by atoms with van der Waals surface area (Å²) >= 11 is 0. The maximum Gasteiger partial charge on any atom is 0.223 e. The van der Waals surface area contributed by atoms with Gasteiger partial charge in [0.25, 0.3) is 0 Å². The van der Waals surface area contributed by atoms with Gasteiger partial charge in [-0.25, -0.2) is 9.37 Å². The molecule has 0 fully saturated rings. The van der Waals surface area contributed by atoms with Gasteiger partial charge in [-0.05, 0) is 25.1 Å². The molecular weight excluding hydrogens is 221 g/mol. The highest BCUT2D eigenvalue weighted by molar-refractivity contribution is 5.31. The standard InChI is InChI=1S/C12H12FN3O/c1-8-2-3-11(7-15-8)17-12-9(5-14)4-10(13)6-16-12/h2-4,6-7H,5,14H2,1H3. The van der Waals surface area contributed by atoms with Gasteiger partial charge in [0, 0.05) is 17.8 Å². The molecule has 0 atom stereocenters. The molecule has 0 amide bonds. The number of hydrogen-bond donors (Lipinski definition) is 1. The molecule has 2 N–H and O–H groups in total. The average molecular weight is 233 g/mol. The Kier molecular flexibility index (Phi) is 3.30. The van der Waals surface area contributed by atoms with Crippen molar-refractivity contribution in [2.75, 3.05) is 0 Å². The van der Waals surface area contributed by atoms with Gasteiger partial charge in [-0.15, -0.1) is 0 Å². The van der Waals surface area contributed by atoms with E-state index in [9.17, 15) is 4.39 Å². The first-order chi connectivity index (χ1) is 8.19. The zero-order valence-corrected chi connectivity index (χ0v) is 9.35. The quantitative estimate of drug-likeness (QED) is 0.882. The predicted octanol–water partition coefficient (Wildman–Crippen LogP) is 2.18. The van der Waals surface area contributed by atoms with E-state index < -0.39 is 5.82 Å². The summed E-state index contributed by atoms with van der Waals surface area (Å²) in [5.41, 5.74) is 6.91. The van der Waals surface area contributed by atoms with Crippen molar-refractivity contribution in [3.63, 3.8) is 0 Å². The molecule has 0 aliphatic carbocycles. The third-order valence-corrected chi connectivity index (χ3v) is 2.21. The molecule has 2 heterocycles. The Balaban J connectivity index is 2.26. The number of hydrogen-bond acceptors (Lipinski definition) is 4. The molecule has 2 aromatic heterocycles. The van der Waals surface area contributed by atoms with Crippen LogP contribution in [0.2, 0.25) is 0 Å². The van der Waals surface area contributed by atoms with E-state index >= 15 is 0 Å². The lowest BCUT2D eigenvalue weighted by molar-refractivity contribution is 0.450. The van der Waals surface area contributed by atoms with Crippen molar-refractivity contribution in [3.05, 3.63) is 47.7 Å². The molecule has 0 saturated carbocycles. The largest absolute Gasteiger partial charge is 0.437 e. The van der Waals surface area contributed by atoms with Crippen molar-refractivity contribution >= 4 is 0 Å². The molecular formula is C12H12FN3O. The second-order valence-electron chi connectivity index (χ2n) is 3.56. The van der Waals surface area contributed by atoms with E-state index in [0.717, 1.165) is 11.9 Å². The SMILES string of the molecule is Cc1ccc(Oc2ncc(F)cc2CN)cn1. The van der Waals surface area contributed by atoms with Crippen molar-refractivity contribution in [2.24, 2.45) is 5.73 Å². The van der Waals surface area contributed by atoms with Gasteiger partial charge in [-0.3, -0.25) is 4.98 Å². The van der Waals surface area contributed by atoms with Crippen molar-refractivity contribution in [1.29, 1.82) is 0 Å². The van der Waals surface area contributed by atoms with E-state index in [1.54, 1.807) is 12.3 Å². The second-order valence-corrected chi connectivity index (χ2v) is 3.56. The van der Waals surface area contributed by atoms with Crippen LogP contribution >= 0.6 is 0 Å². The molecule has 0 spiro atoms. The Morgan fingerprint density at radius 3 is 2.76 bits per heavy atom. The molecule has 0 saturated heterocycles. The first-order valence-electron chi connectivity index (χ1n) is 5.14. The Morgan fingerprint density at radius 1 is 1.29 bits per heavy atom. The fourth-order valence-electron chi connectivity index (χ4n) is 1.33. The van der Waals surface area contributed by atoms with Gasteiger partial charge in [0.1, 0.15) is 11.6 Å². The van der Waals surface area contributed by atoms with Gasteiger partial charge >= 0.3 is 0 Å². The molecule has 88 valence electrons. The number of aromatic nitrogens is 2. The van der Waals surface area contributed by atoms with E-state index in [-0.39, 0.29) is 6.54 Å². The maximum atomic E-state index is 12.9. The Labute approximate surface area is 98.3 Å². The lowest BCUT2D eigenvalue weighted by atomic mass is 10.2. The molecule has 2 aromatic rings. The maximum absolute atomic E-state index is 12.9. The van der Waals surface area contributed by atoms with Gasteiger partial charge in [-0.2, -0.15) is 0 Å². The fourth-order valence-corrected chi connectivity index (χ4v) is 1.33. The molecule has 0 aromatic carbocycles. The van der Waals surface area contributed by atoms with Gasteiger partial charge in [0.05, 0.1) is 12.4 Å². The molecule has 0 aliphatic rings. The summed E-state index contributed by atoms with van der Waals surface area (Å²) in [7, 11) is 0. The van der Waals surface area contributed by atoms with Gasteiger partial charge in [0.15, 0.2) is 0 Å². The molecule has 17 heavy (non-hydrogen) atoms. The molecule has 2 rings (SSSR count). The van der Waals surface area contributed by atoms with E-state index in [1.165, 1.54) is 6.07 Å². The Morgan fingerprint density at radius 2 is 2.12 bits per heavy atom. The number of ether oxygens (including phenoxy) is 1. The van der Waals surface area contributed by atoms with Crippen LogP contribution in [0.25, 0.3) is 0 Å². The summed E-state index contributed by atoms with van der Waals surface area (Å²) in [6.07, 6.45) is 2.68. The summed E-state index contributed by atoms with van der Waals surface area (Å²) < 4.78 is 18.4. The normalized spacial score (nSPS) is 10.3. The van der Waals surface area contributed by atoms with Crippen LogP contribution in [0.5, 0.6) is 11.6 Å². The van der Waals surface area contributed by atoms with E-state index in [0.29, 0.717) is 17.2 Å². The first-order valence-corrected chi connectivity index (χ1v) is 5.14. The molecule has 5 heteroatoms. The molecule has 0 radical (unpaired) electrons. The van der Waals surface area contributed by atoms with Crippen LogP contribution in [-0.4, -0.2) is 9.97 Å². The number of nitrogens with zero attached hydrogens (tertiary/aromatic N) is 2. The minimum absolute atomic E-state index is 0.166. The van der Waals surface area contributed by atoms with Crippen LogP contribution in [0, 0.1) is 12.7 Å². The van der Waals surface area contributed by atoms with Crippen LogP contribution in [-0.2, 0) is 6.54 Å². The highest BCUT2D eigenvalue weighted by Crippen LogP contribution is 2.22. The van der Waals surface area contributed by atoms with Crippen molar-refractivity contribution < 1.29 is 9.13 Å². The van der Waals surface area contributed by atoms with Crippen LogP contribution < -0.4 is 10.5 Å². The molecule has 0 aliphatic heterocycles. The Hall–Kier alpha value is -2.01. The summed E-state index contributed by atoms with van der Waals surface area (Å²) in [4.78, 5) is 7.95. The van der Waals surface area contributed by atoms with Crippen LogP contribution in [0.15, 0.2) is 30.6 Å². The highest BCUT2D eigenvalue weighted by atomic mass is 19.1. The van der Waals surface area contributed by atoms with E-state index in [4.69, 9.17) is 10.5 Å². The van der Waals surface area contributed by atoms with Crippen molar-refractivity contribution in [2.45, 2.75) is 13.5 Å². The lowest BCUT2D eigenvalue weighted by Gasteiger charge is -2.08. The number of rotatable bonds is 3. The molecule has 4 nitrogen and oxygen atoms in total. The highest BCUT2D eigenvalue weighted by Gasteiger charge is 2.07. The lowest BCUT2D eigenvalue weighted by Crippen LogP contribution is -2.02. The average Bonchev–Trinajstić information content (AvgIpc) is 2.34. The fraction of sp³-hybridized carbons (Fsp3) is 0.167. The number of aryl methyl sites for hydroxylation is 1. The smallest absolute Gasteiger partial charge is 0.223 e. The zero-order valence-electron chi connectivity index (χ0n) is 9.35. The van der Waals surface area contributed by atoms with Gasteiger partial charge < -0.3 is 10.5 Å². The van der Waals surface area contributed by atoms with E-state index in [1.807, 2.05) is 13.0 Å². The van der Waals surface area contributed by atoms with Crippen LogP contribution in [0.1, 0.15) is 11.3 Å². The summed E-state index contributed by atoms with van der Waals surface area (Å²) in [6.45, 7) is 2.05. The summed E-state index contributed by atoms with van der Waals surface area (Å²) in [5, 5.41) is 0. The summed E-state index contributed by atoms with van der Waals surface area (Å²) in [6, 6.07) is 4.90. The van der Waals surface area contributed by atoms with Crippen LogP contribution in [0.3, 0.4) is 0 Å².